The molecule has 0 amide bonds. The standard InChI is InChI=1S/C15H19N3O2/c1-4-20-15(19)12-9-17-18(3)14(12)10-16-13-8-6-5-7-11(13)2/h5-9,16H,4,10H2,1-3H3. The second kappa shape index (κ2) is 6.23. The number of rotatable bonds is 5. The molecular formula is C15H19N3O2. The molecule has 1 aromatic heterocycles. The summed E-state index contributed by atoms with van der Waals surface area (Å²) in [5.41, 5.74) is 3.53. The molecule has 0 unspecified atom stereocenters. The van der Waals surface area contributed by atoms with Gasteiger partial charge in [0.1, 0.15) is 5.56 Å². The van der Waals surface area contributed by atoms with E-state index in [4.69, 9.17) is 4.74 Å². The van der Waals surface area contributed by atoms with E-state index in [2.05, 4.69) is 10.4 Å². The molecule has 1 aromatic carbocycles. The van der Waals surface area contributed by atoms with Crippen LogP contribution >= 0.6 is 0 Å². The van der Waals surface area contributed by atoms with Crippen molar-refractivity contribution in [1.29, 1.82) is 0 Å². The molecule has 2 rings (SSSR count). The molecule has 0 aliphatic heterocycles. The number of aromatic nitrogens is 2. The third kappa shape index (κ3) is 2.99. The van der Waals surface area contributed by atoms with E-state index >= 15 is 0 Å². The van der Waals surface area contributed by atoms with Crippen LogP contribution in [0.1, 0.15) is 28.5 Å². The highest BCUT2D eigenvalue weighted by Gasteiger charge is 2.16. The van der Waals surface area contributed by atoms with Crippen molar-refractivity contribution in [3.05, 3.63) is 47.3 Å². The zero-order valence-corrected chi connectivity index (χ0v) is 12.0. The summed E-state index contributed by atoms with van der Waals surface area (Å²) in [5, 5.41) is 7.46. The van der Waals surface area contributed by atoms with Crippen LogP contribution in [0.25, 0.3) is 0 Å². The van der Waals surface area contributed by atoms with Gasteiger partial charge in [-0.05, 0) is 25.5 Å². The van der Waals surface area contributed by atoms with Gasteiger partial charge in [0.25, 0.3) is 0 Å². The zero-order chi connectivity index (χ0) is 14.5. The van der Waals surface area contributed by atoms with E-state index in [0.29, 0.717) is 18.7 Å². The number of carbonyl (C=O) groups excluding carboxylic acids is 1. The highest BCUT2D eigenvalue weighted by Crippen LogP contribution is 2.16. The summed E-state index contributed by atoms with van der Waals surface area (Å²) in [5.74, 6) is -0.331. The SMILES string of the molecule is CCOC(=O)c1cnn(C)c1CNc1ccccc1C. The monoisotopic (exact) mass is 273 g/mol. The fraction of sp³-hybridized carbons (Fsp3) is 0.333. The second-order valence-corrected chi connectivity index (χ2v) is 4.52. The number of esters is 1. The Balaban J connectivity index is 2.15. The van der Waals surface area contributed by atoms with Crippen LogP contribution in [0.3, 0.4) is 0 Å². The van der Waals surface area contributed by atoms with Gasteiger partial charge in [0.15, 0.2) is 0 Å². The van der Waals surface area contributed by atoms with Gasteiger partial charge in [0.05, 0.1) is 25.0 Å². The van der Waals surface area contributed by atoms with Gasteiger partial charge in [0, 0.05) is 12.7 Å². The lowest BCUT2D eigenvalue weighted by Crippen LogP contribution is -2.12. The molecule has 1 N–H and O–H groups in total. The molecule has 5 heteroatoms. The van der Waals surface area contributed by atoms with E-state index in [1.54, 1.807) is 17.8 Å². The summed E-state index contributed by atoms with van der Waals surface area (Å²) in [7, 11) is 1.82. The van der Waals surface area contributed by atoms with Gasteiger partial charge >= 0.3 is 5.97 Å². The minimum Gasteiger partial charge on any atom is -0.462 e. The van der Waals surface area contributed by atoms with Crippen molar-refractivity contribution in [3.8, 4) is 0 Å². The summed E-state index contributed by atoms with van der Waals surface area (Å²) >= 11 is 0. The predicted molar refractivity (Wildman–Crippen MR) is 77.7 cm³/mol. The number of carbonyl (C=O) groups is 1. The molecule has 0 aliphatic carbocycles. The number of para-hydroxylation sites is 1. The summed E-state index contributed by atoms with van der Waals surface area (Å²) in [6.45, 7) is 4.71. The van der Waals surface area contributed by atoms with E-state index in [-0.39, 0.29) is 5.97 Å². The van der Waals surface area contributed by atoms with Crippen molar-refractivity contribution < 1.29 is 9.53 Å². The van der Waals surface area contributed by atoms with Crippen molar-refractivity contribution in [3.63, 3.8) is 0 Å². The molecule has 0 radical (unpaired) electrons. The number of hydrogen-bond acceptors (Lipinski definition) is 4. The van der Waals surface area contributed by atoms with Gasteiger partial charge in [0.2, 0.25) is 0 Å². The number of anilines is 1. The molecular weight excluding hydrogens is 254 g/mol. The highest BCUT2D eigenvalue weighted by molar-refractivity contribution is 5.90. The summed E-state index contributed by atoms with van der Waals surface area (Å²) in [6.07, 6.45) is 1.55. The first-order valence-corrected chi connectivity index (χ1v) is 6.61. The molecule has 0 saturated heterocycles. The maximum Gasteiger partial charge on any atom is 0.341 e. The number of hydrogen-bond donors (Lipinski definition) is 1. The number of aryl methyl sites for hydroxylation is 2. The molecule has 0 fully saturated rings. The van der Waals surface area contributed by atoms with Gasteiger partial charge < -0.3 is 10.1 Å². The van der Waals surface area contributed by atoms with Crippen molar-refractivity contribution in [1.82, 2.24) is 9.78 Å². The quantitative estimate of drug-likeness (QED) is 0.850. The topological polar surface area (TPSA) is 56.1 Å². The lowest BCUT2D eigenvalue weighted by Gasteiger charge is -2.11. The fourth-order valence-electron chi connectivity index (χ4n) is 2.00. The average molecular weight is 273 g/mol. The van der Waals surface area contributed by atoms with Gasteiger partial charge in [-0.25, -0.2) is 4.79 Å². The minimum absolute atomic E-state index is 0.331. The van der Waals surface area contributed by atoms with E-state index in [1.807, 2.05) is 38.2 Å². The molecule has 5 nitrogen and oxygen atoms in total. The van der Waals surface area contributed by atoms with E-state index in [1.165, 1.54) is 0 Å². The molecule has 0 spiro atoms. The number of nitrogens with zero attached hydrogens (tertiary/aromatic N) is 2. The summed E-state index contributed by atoms with van der Waals surface area (Å²) in [4.78, 5) is 11.9. The second-order valence-electron chi connectivity index (χ2n) is 4.52. The Bertz CT molecular complexity index is 605. The molecule has 106 valence electrons. The Morgan fingerprint density at radius 2 is 2.15 bits per heavy atom. The third-order valence-electron chi connectivity index (χ3n) is 3.15. The number of ether oxygens (including phenoxy) is 1. The Labute approximate surface area is 118 Å². The van der Waals surface area contributed by atoms with Crippen LogP contribution in [-0.2, 0) is 18.3 Å². The Kier molecular flexibility index (Phi) is 4.40. The van der Waals surface area contributed by atoms with E-state index in [9.17, 15) is 4.79 Å². The van der Waals surface area contributed by atoms with Crippen molar-refractivity contribution in [2.45, 2.75) is 20.4 Å². The van der Waals surface area contributed by atoms with Crippen LogP contribution < -0.4 is 5.32 Å². The maximum absolute atomic E-state index is 11.9. The van der Waals surface area contributed by atoms with Crippen LogP contribution in [0.2, 0.25) is 0 Å². The van der Waals surface area contributed by atoms with Crippen LogP contribution in [0.15, 0.2) is 30.5 Å². The summed E-state index contributed by atoms with van der Waals surface area (Å²) < 4.78 is 6.73. The van der Waals surface area contributed by atoms with Crippen LogP contribution in [0, 0.1) is 6.92 Å². The summed E-state index contributed by atoms with van der Waals surface area (Å²) in [6, 6.07) is 8.02. The molecule has 0 aliphatic rings. The van der Waals surface area contributed by atoms with Gasteiger partial charge in [-0.1, -0.05) is 18.2 Å². The molecule has 0 atom stereocenters. The Morgan fingerprint density at radius 1 is 1.40 bits per heavy atom. The van der Waals surface area contributed by atoms with Gasteiger partial charge in [-0.2, -0.15) is 5.10 Å². The van der Waals surface area contributed by atoms with Crippen LogP contribution in [0.5, 0.6) is 0 Å². The normalized spacial score (nSPS) is 10.3. The van der Waals surface area contributed by atoms with Gasteiger partial charge in [-0.3, -0.25) is 4.68 Å². The number of benzene rings is 1. The lowest BCUT2D eigenvalue weighted by atomic mass is 10.2. The van der Waals surface area contributed by atoms with Crippen LogP contribution in [0.4, 0.5) is 5.69 Å². The van der Waals surface area contributed by atoms with Crippen molar-refractivity contribution in [2.24, 2.45) is 7.05 Å². The molecule has 2 aromatic rings. The van der Waals surface area contributed by atoms with Gasteiger partial charge in [-0.15, -0.1) is 0 Å². The minimum atomic E-state index is -0.331. The molecule has 1 heterocycles. The molecule has 20 heavy (non-hydrogen) atoms. The first-order valence-electron chi connectivity index (χ1n) is 6.61. The first-order chi connectivity index (χ1) is 9.63. The molecule has 0 saturated carbocycles. The smallest absolute Gasteiger partial charge is 0.341 e. The Hall–Kier alpha value is -2.30. The van der Waals surface area contributed by atoms with E-state index in [0.717, 1.165) is 16.9 Å². The van der Waals surface area contributed by atoms with Crippen LogP contribution in [-0.4, -0.2) is 22.4 Å². The largest absolute Gasteiger partial charge is 0.462 e. The average Bonchev–Trinajstić information content (AvgIpc) is 2.79. The highest BCUT2D eigenvalue weighted by atomic mass is 16.5. The lowest BCUT2D eigenvalue weighted by molar-refractivity contribution is 0.0525. The third-order valence-corrected chi connectivity index (χ3v) is 3.15. The predicted octanol–water partition coefficient (Wildman–Crippen LogP) is 2.52. The number of nitrogens with one attached hydrogen (secondary N) is 1. The van der Waals surface area contributed by atoms with E-state index < -0.39 is 0 Å². The first kappa shape index (κ1) is 14.1. The maximum atomic E-state index is 11.9. The Morgan fingerprint density at radius 3 is 2.85 bits per heavy atom. The molecule has 0 bridgehead atoms. The fourth-order valence-corrected chi connectivity index (χ4v) is 2.00. The van der Waals surface area contributed by atoms with Crippen molar-refractivity contribution in [2.75, 3.05) is 11.9 Å². The van der Waals surface area contributed by atoms with Crippen molar-refractivity contribution >= 4 is 11.7 Å². The zero-order valence-electron chi connectivity index (χ0n) is 12.0.